The number of aldehydes is 1. The summed E-state index contributed by atoms with van der Waals surface area (Å²) >= 11 is 5.95. The molecule has 0 heterocycles. The highest BCUT2D eigenvalue weighted by Gasteiger charge is 2.19. The van der Waals surface area contributed by atoms with Crippen molar-refractivity contribution in [2.75, 3.05) is 13.2 Å². The number of esters is 1. The molecule has 2 aromatic carbocycles. The fraction of sp³-hybridized carbons (Fsp3) is 0.333. The van der Waals surface area contributed by atoms with Crippen LogP contribution >= 0.6 is 11.6 Å². The van der Waals surface area contributed by atoms with Crippen molar-refractivity contribution >= 4 is 23.9 Å². The van der Waals surface area contributed by atoms with Gasteiger partial charge in [0.1, 0.15) is 12.0 Å². The molecule has 0 spiro atoms. The van der Waals surface area contributed by atoms with Crippen LogP contribution in [-0.2, 0) is 9.53 Å². The standard InChI is InChI=1S/C21H23ClO4/c1-2-25-15-17(8-5-6-13-23)19-11-3-4-12-20(19)26-21(24)16-9-7-10-18(22)14-16/h3-4,7,9-14,17H,2,5-6,8,15H2,1H3. The smallest absolute Gasteiger partial charge is 0.343 e. The SMILES string of the molecule is CCOCC(CCCC=O)c1ccccc1OC(=O)c1cccc(Cl)c1. The van der Waals surface area contributed by atoms with E-state index in [0.717, 1.165) is 24.7 Å². The Balaban J connectivity index is 2.20. The summed E-state index contributed by atoms with van der Waals surface area (Å²) in [7, 11) is 0. The van der Waals surface area contributed by atoms with Gasteiger partial charge in [0, 0.05) is 29.5 Å². The molecule has 26 heavy (non-hydrogen) atoms. The number of hydrogen-bond acceptors (Lipinski definition) is 4. The Morgan fingerprint density at radius 1 is 1.19 bits per heavy atom. The largest absolute Gasteiger partial charge is 0.423 e. The average molecular weight is 375 g/mol. The lowest BCUT2D eigenvalue weighted by Crippen LogP contribution is -2.14. The van der Waals surface area contributed by atoms with Crippen LogP contribution in [0, 0.1) is 0 Å². The number of para-hydroxylation sites is 1. The van der Waals surface area contributed by atoms with Gasteiger partial charge in [-0.05, 0) is 44.0 Å². The van der Waals surface area contributed by atoms with Gasteiger partial charge in [0.05, 0.1) is 12.2 Å². The first-order chi connectivity index (χ1) is 12.7. The van der Waals surface area contributed by atoms with Crippen molar-refractivity contribution in [3.05, 3.63) is 64.7 Å². The average Bonchev–Trinajstić information content (AvgIpc) is 2.65. The maximum atomic E-state index is 12.5. The molecule has 2 rings (SSSR count). The first-order valence-corrected chi connectivity index (χ1v) is 9.11. The van der Waals surface area contributed by atoms with E-state index < -0.39 is 5.97 Å². The zero-order chi connectivity index (χ0) is 18.8. The second-order valence-electron chi connectivity index (χ2n) is 5.89. The molecule has 1 atom stereocenters. The van der Waals surface area contributed by atoms with Crippen molar-refractivity contribution in [3.8, 4) is 5.75 Å². The lowest BCUT2D eigenvalue weighted by atomic mass is 9.93. The Hall–Kier alpha value is -2.17. The van der Waals surface area contributed by atoms with Gasteiger partial charge in [0.2, 0.25) is 0 Å². The summed E-state index contributed by atoms with van der Waals surface area (Å²) < 4.78 is 11.2. The first-order valence-electron chi connectivity index (χ1n) is 8.73. The Bertz CT molecular complexity index is 729. The predicted octanol–water partition coefficient (Wildman–Crippen LogP) is 5.05. The zero-order valence-corrected chi connectivity index (χ0v) is 15.6. The molecule has 0 N–H and O–H groups in total. The van der Waals surface area contributed by atoms with Crippen LogP contribution in [0.25, 0.3) is 0 Å². The highest BCUT2D eigenvalue weighted by molar-refractivity contribution is 6.30. The third kappa shape index (κ3) is 5.97. The van der Waals surface area contributed by atoms with Crippen LogP contribution < -0.4 is 4.74 Å². The van der Waals surface area contributed by atoms with Crippen LogP contribution in [0.5, 0.6) is 5.75 Å². The Labute approximate surface area is 159 Å². The number of carbonyl (C=O) groups is 2. The maximum Gasteiger partial charge on any atom is 0.343 e. The predicted molar refractivity (Wildman–Crippen MR) is 102 cm³/mol. The fourth-order valence-electron chi connectivity index (χ4n) is 2.72. The van der Waals surface area contributed by atoms with Crippen LogP contribution in [0.1, 0.15) is 48.0 Å². The number of benzene rings is 2. The van der Waals surface area contributed by atoms with E-state index in [1.807, 2.05) is 25.1 Å². The van der Waals surface area contributed by atoms with E-state index >= 15 is 0 Å². The number of rotatable bonds is 10. The summed E-state index contributed by atoms with van der Waals surface area (Å²) in [5.74, 6) is 0.106. The second kappa shape index (κ2) is 10.7. The molecule has 0 aliphatic heterocycles. The Morgan fingerprint density at radius 2 is 2.00 bits per heavy atom. The first kappa shape index (κ1) is 20.1. The van der Waals surface area contributed by atoms with Crippen LogP contribution in [0.3, 0.4) is 0 Å². The minimum Gasteiger partial charge on any atom is -0.423 e. The van der Waals surface area contributed by atoms with Gasteiger partial charge >= 0.3 is 5.97 Å². The van der Waals surface area contributed by atoms with Gasteiger partial charge < -0.3 is 14.3 Å². The third-order valence-corrected chi connectivity index (χ3v) is 4.25. The number of ether oxygens (including phenoxy) is 2. The normalized spacial score (nSPS) is 11.8. The molecule has 0 aliphatic carbocycles. The van der Waals surface area contributed by atoms with E-state index in [1.165, 1.54) is 0 Å². The summed E-state index contributed by atoms with van der Waals surface area (Å²) in [5.41, 5.74) is 1.30. The molecule has 5 heteroatoms. The monoisotopic (exact) mass is 374 g/mol. The lowest BCUT2D eigenvalue weighted by molar-refractivity contribution is -0.108. The van der Waals surface area contributed by atoms with Gasteiger partial charge in [-0.2, -0.15) is 0 Å². The van der Waals surface area contributed by atoms with Gasteiger partial charge in [-0.25, -0.2) is 4.79 Å². The molecule has 0 radical (unpaired) electrons. The second-order valence-corrected chi connectivity index (χ2v) is 6.33. The Kier molecular flexibility index (Phi) is 8.32. The molecule has 0 saturated heterocycles. The molecule has 0 saturated carbocycles. The number of halogens is 1. The highest BCUT2D eigenvalue weighted by atomic mass is 35.5. The summed E-state index contributed by atoms with van der Waals surface area (Å²) in [6.07, 6.45) is 2.97. The van der Waals surface area contributed by atoms with Gasteiger partial charge in [-0.1, -0.05) is 35.9 Å². The van der Waals surface area contributed by atoms with E-state index in [1.54, 1.807) is 30.3 Å². The minimum absolute atomic E-state index is 0.0539. The van der Waals surface area contributed by atoms with Gasteiger partial charge in [0.15, 0.2) is 0 Å². The van der Waals surface area contributed by atoms with Crippen molar-refractivity contribution in [3.63, 3.8) is 0 Å². The van der Waals surface area contributed by atoms with E-state index in [0.29, 0.717) is 36.0 Å². The van der Waals surface area contributed by atoms with Crippen molar-refractivity contribution in [2.24, 2.45) is 0 Å². The molecule has 1 unspecified atom stereocenters. The summed E-state index contributed by atoms with van der Waals surface area (Å²) in [6.45, 7) is 3.06. The van der Waals surface area contributed by atoms with Gasteiger partial charge in [0.25, 0.3) is 0 Å². The Morgan fingerprint density at radius 3 is 2.73 bits per heavy atom. The fourth-order valence-corrected chi connectivity index (χ4v) is 2.91. The van der Waals surface area contributed by atoms with Crippen molar-refractivity contribution in [2.45, 2.75) is 32.1 Å². The highest BCUT2D eigenvalue weighted by Crippen LogP contribution is 2.31. The zero-order valence-electron chi connectivity index (χ0n) is 14.8. The van der Waals surface area contributed by atoms with Crippen molar-refractivity contribution in [1.82, 2.24) is 0 Å². The molecule has 2 aromatic rings. The van der Waals surface area contributed by atoms with Crippen LogP contribution in [-0.4, -0.2) is 25.5 Å². The summed E-state index contributed by atoms with van der Waals surface area (Å²) in [5, 5.41) is 0.482. The number of unbranched alkanes of at least 4 members (excludes halogenated alkanes) is 1. The van der Waals surface area contributed by atoms with Crippen LogP contribution in [0.4, 0.5) is 0 Å². The number of carbonyl (C=O) groups excluding carboxylic acids is 2. The van der Waals surface area contributed by atoms with Gasteiger partial charge in [-0.15, -0.1) is 0 Å². The van der Waals surface area contributed by atoms with Gasteiger partial charge in [-0.3, -0.25) is 0 Å². The molecule has 0 amide bonds. The molecule has 4 nitrogen and oxygen atoms in total. The summed E-state index contributed by atoms with van der Waals surface area (Å²) in [4.78, 5) is 23.1. The van der Waals surface area contributed by atoms with Crippen LogP contribution in [0.2, 0.25) is 5.02 Å². The van der Waals surface area contributed by atoms with E-state index in [2.05, 4.69) is 0 Å². The van der Waals surface area contributed by atoms with E-state index in [-0.39, 0.29) is 5.92 Å². The minimum atomic E-state index is -0.456. The molecule has 0 fully saturated rings. The molecular formula is C21H23ClO4. The van der Waals surface area contributed by atoms with E-state index in [4.69, 9.17) is 21.1 Å². The van der Waals surface area contributed by atoms with Crippen molar-refractivity contribution in [1.29, 1.82) is 0 Å². The van der Waals surface area contributed by atoms with E-state index in [9.17, 15) is 9.59 Å². The summed E-state index contributed by atoms with van der Waals surface area (Å²) in [6, 6.07) is 14.1. The lowest BCUT2D eigenvalue weighted by Gasteiger charge is -2.20. The third-order valence-electron chi connectivity index (χ3n) is 4.02. The molecule has 0 aliphatic rings. The molecule has 138 valence electrons. The van der Waals surface area contributed by atoms with Crippen LogP contribution in [0.15, 0.2) is 48.5 Å². The maximum absolute atomic E-state index is 12.5. The molecule has 0 aromatic heterocycles. The molecular weight excluding hydrogens is 352 g/mol. The number of hydrogen-bond donors (Lipinski definition) is 0. The quantitative estimate of drug-likeness (QED) is 0.253. The topological polar surface area (TPSA) is 52.6 Å². The molecule has 0 bridgehead atoms. The van der Waals surface area contributed by atoms with Crippen molar-refractivity contribution < 1.29 is 19.1 Å².